The summed E-state index contributed by atoms with van der Waals surface area (Å²) in [6.45, 7) is 10.9. The van der Waals surface area contributed by atoms with Gasteiger partial charge in [0, 0.05) is 13.1 Å². The van der Waals surface area contributed by atoms with E-state index in [0.29, 0.717) is 23.3 Å². The van der Waals surface area contributed by atoms with Crippen molar-refractivity contribution in [2.45, 2.75) is 37.0 Å². The SMILES string of the molecule is C=CCN1CCC(c2ccc(NS(=O)(=O)c3ccc(C(C)C)cc3)c(OC)c2)C1. The molecule has 0 aromatic heterocycles. The molecular formula is C23H30N2O3S. The minimum Gasteiger partial charge on any atom is -0.495 e. The van der Waals surface area contributed by atoms with Crippen molar-refractivity contribution in [3.05, 3.63) is 66.2 Å². The van der Waals surface area contributed by atoms with Crippen molar-refractivity contribution in [2.75, 3.05) is 31.5 Å². The topological polar surface area (TPSA) is 58.6 Å². The van der Waals surface area contributed by atoms with E-state index >= 15 is 0 Å². The maximum absolute atomic E-state index is 12.8. The number of rotatable bonds is 8. The highest BCUT2D eigenvalue weighted by atomic mass is 32.2. The molecule has 3 rings (SSSR count). The Bertz CT molecular complexity index is 953. The molecule has 2 aromatic carbocycles. The lowest BCUT2D eigenvalue weighted by molar-refractivity contribution is 0.372. The third-order valence-electron chi connectivity index (χ3n) is 5.46. The van der Waals surface area contributed by atoms with Gasteiger partial charge in [-0.1, -0.05) is 38.1 Å². The van der Waals surface area contributed by atoms with Crippen LogP contribution in [0, 0.1) is 0 Å². The van der Waals surface area contributed by atoms with Crippen molar-refractivity contribution >= 4 is 15.7 Å². The lowest BCUT2D eigenvalue weighted by atomic mass is 9.98. The Morgan fingerprint density at radius 2 is 1.97 bits per heavy atom. The minimum atomic E-state index is -3.69. The second-order valence-corrected chi connectivity index (χ2v) is 9.51. The second kappa shape index (κ2) is 9.01. The number of hydrogen-bond donors (Lipinski definition) is 1. The van der Waals surface area contributed by atoms with E-state index in [1.807, 2.05) is 30.3 Å². The molecule has 1 N–H and O–H groups in total. The summed E-state index contributed by atoms with van der Waals surface area (Å²) in [6.07, 6.45) is 3.00. The molecule has 0 amide bonds. The van der Waals surface area contributed by atoms with E-state index in [4.69, 9.17) is 4.74 Å². The van der Waals surface area contributed by atoms with Crippen LogP contribution < -0.4 is 9.46 Å². The quantitative estimate of drug-likeness (QED) is 0.642. The number of ether oxygens (including phenoxy) is 1. The van der Waals surface area contributed by atoms with E-state index in [-0.39, 0.29) is 4.90 Å². The summed E-state index contributed by atoms with van der Waals surface area (Å²) in [4.78, 5) is 2.60. The lowest BCUT2D eigenvalue weighted by Crippen LogP contribution is -2.20. The smallest absolute Gasteiger partial charge is 0.262 e. The third kappa shape index (κ3) is 5.00. The largest absolute Gasteiger partial charge is 0.495 e. The Labute approximate surface area is 174 Å². The molecule has 0 radical (unpaired) electrons. The van der Waals surface area contributed by atoms with Gasteiger partial charge in [-0.3, -0.25) is 9.62 Å². The fraction of sp³-hybridized carbons (Fsp3) is 0.391. The Balaban J connectivity index is 1.79. The zero-order chi connectivity index (χ0) is 21.0. The van der Waals surface area contributed by atoms with E-state index in [9.17, 15) is 8.42 Å². The second-order valence-electron chi connectivity index (χ2n) is 7.82. The summed E-state index contributed by atoms with van der Waals surface area (Å²) < 4.78 is 33.8. The maximum Gasteiger partial charge on any atom is 0.262 e. The maximum atomic E-state index is 12.8. The lowest BCUT2D eigenvalue weighted by Gasteiger charge is -2.17. The van der Waals surface area contributed by atoms with Gasteiger partial charge in [0.15, 0.2) is 0 Å². The number of anilines is 1. The summed E-state index contributed by atoms with van der Waals surface area (Å²) in [6, 6.07) is 12.7. The predicted molar refractivity (Wildman–Crippen MR) is 118 cm³/mol. The molecule has 0 saturated carbocycles. The molecule has 1 fully saturated rings. The number of methoxy groups -OCH3 is 1. The molecule has 5 nitrogen and oxygen atoms in total. The van der Waals surface area contributed by atoms with Crippen molar-refractivity contribution in [3.63, 3.8) is 0 Å². The Morgan fingerprint density at radius 1 is 1.24 bits per heavy atom. The van der Waals surface area contributed by atoms with Crippen molar-refractivity contribution in [1.82, 2.24) is 4.90 Å². The van der Waals surface area contributed by atoms with Crippen molar-refractivity contribution < 1.29 is 13.2 Å². The summed E-state index contributed by atoms with van der Waals surface area (Å²) in [5, 5.41) is 0. The molecule has 1 atom stereocenters. The first-order valence-corrected chi connectivity index (χ1v) is 11.5. The fourth-order valence-corrected chi connectivity index (χ4v) is 4.81. The van der Waals surface area contributed by atoms with Crippen LogP contribution in [0.2, 0.25) is 0 Å². The molecule has 0 bridgehead atoms. The summed E-state index contributed by atoms with van der Waals surface area (Å²) >= 11 is 0. The van der Waals surface area contributed by atoms with Crippen molar-refractivity contribution in [1.29, 1.82) is 0 Å². The zero-order valence-corrected chi connectivity index (χ0v) is 18.2. The van der Waals surface area contributed by atoms with Gasteiger partial charge in [0.05, 0.1) is 17.7 Å². The average Bonchev–Trinajstić information content (AvgIpc) is 3.17. The van der Waals surface area contributed by atoms with Crippen molar-refractivity contribution in [2.24, 2.45) is 0 Å². The van der Waals surface area contributed by atoms with E-state index < -0.39 is 10.0 Å². The van der Waals surface area contributed by atoms with E-state index in [1.54, 1.807) is 25.3 Å². The molecule has 6 heteroatoms. The zero-order valence-electron chi connectivity index (χ0n) is 17.4. The van der Waals surface area contributed by atoms with Gasteiger partial charge >= 0.3 is 0 Å². The third-order valence-corrected chi connectivity index (χ3v) is 6.84. The Kier molecular flexibility index (Phi) is 6.65. The fourth-order valence-electron chi connectivity index (χ4n) is 3.73. The highest BCUT2D eigenvalue weighted by Gasteiger charge is 2.24. The van der Waals surface area contributed by atoms with E-state index in [0.717, 1.165) is 37.2 Å². The highest BCUT2D eigenvalue weighted by molar-refractivity contribution is 7.92. The highest BCUT2D eigenvalue weighted by Crippen LogP contribution is 2.34. The molecular weight excluding hydrogens is 384 g/mol. The number of sulfonamides is 1. The minimum absolute atomic E-state index is 0.240. The monoisotopic (exact) mass is 414 g/mol. The van der Waals surface area contributed by atoms with Gasteiger partial charge in [0.2, 0.25) is 0 Å². The van der Waals surface area contributed by atoms with Gasteiger partial charge < -0.3 is 4.74 Å². The Hall–Kier alpha value is -2.31. The van der Waals surface area contributed by atoms with Crippen molar-refractivity contribution in [3.8, 4) is 5.75 Å². The number of benzene rings is 2. The van der Waals surface area contributed by atoms with Crippen LogP contribution in [0.3, 0.4) is 0 Å². The van der Waals surface area contributed by atoms with Crippen LogP contribution in [0.4, 0.5) is 5.69 Å². The standard InChI is InChI=1S/C23H30N2O3S/c1-5-13-25-14-12-20(16-25)19-8-11-22(23(15-19)28-4)24-29(26,27)21-9-6-18(7-10-21)17(2)3/h5-11,15,17,20,24H,1,12-14,16H2,2-4H3. The predicted octanol–water partition coefficient (Wildman–Crippen LogP) is 4.59. The molecule has 1 unspecified atom stereocenters. The number of likely N-dealkylation sites (tertiary alicyclic amines) is 1. The first kappa shape index (κ1) is 21.4. The average molecular weight is 415 g/mol. The molecule has 156 valence electrons. The molecule has 1 heterocycles. The molecule has 1 aliphatic heterocycles. The molecule has 29 heavy (non-hydrogen) atoms. The summed E-state index contributed by atoms with van der Waals surface area (Å²) in [5.74, 6) is 1.30. The van der Waals surface area contributed by atoms with E-state index in [2.05, 4.69) is 30.0 Å². The first-order chi connectivity index (χ1) is 13.8. The van der Waals surface area contributed by atoms with Gasteiger partial charge in [-0.25, -0.2) is 8.42 Å². The van der Waals surface area contributed by atoms with Gasteiger partial charge in [0.1, 0.15) is 5.75 Å². The van der Waals surface area contributed by atoms with Crippen LogP contribution in [0.1, 0.15) is 43.2 Å². The first-order valence-electron chi connectivity index (χ1n) is 9.98. The Morgan fingerprint density at radius 3 is 2.59 bits per heavy atom. The normalized spacial score (nSPS) is 17.4. The van der Waals surface area contributed by atoms with Gasteiger partial charge in [-0.05, 0) is 60.2 Å². The number of hydrogen-bond acceptors (Lipinski definition) is 4. The molecule has 1 saturated heterocycles. The van der Waals surface area contributed by atoms with Crippen LogP contribution in [-0.4, -0.2) is 40.1 Å². The van der Waals surface area contributed by atoms with Crippen LogP contribution in [-0.2, 0) is 10.0 Å². The van der Waals surface area contributed by atoms with E-state index in [1.165, 1.54) is 0 Å². The van der Waals surface area contributed by atoms with Crippen LogP contribution in [0.5, 0.6) is 5.75 Å². The van der Waals surface area contributed by atoms with Gasteiger partial charge in [0.25, 0.3) is 10.0 Å². The van der Waals surface area contributed by atoms with Crippen LogP contribution in [0.15, 0.2) is 60.0 Å². The van der Waals surface area contributed by atoms with Gasteiger partial charge in [-0.2, -0.15) is 0 Å². The number of nitrogens with zero attached hydrogens (tertiary/aromatic N) is 1. The molecule has 0 aliphatic carbocycles. The summed E-state index contributed by atoms with van der Waals surface area (Å²) in [7, 11) is -2.12. The molecule has 0 spiro atoms. The molecule has 1 aliphatic rings. The van der Waals surface area contributed by atoms with Crippen LogP contribution in [0.25, 0.3) is 0 Å². The van der Waals surface area contributed by atoms with Gasteiger partial charge in [-0.15, -0.1) is 6.58 Å². The number of nitrogens with one attached hydrogen (secondary N) is 1. The summed E-state index contributed by atoms with van der Waals surface area (Å²) in [5.41, 5.74) is 2.72. The van der Waals surface area contributed by atoms with Crippen LogP contribution >= 0.6 is 0 Å². The molecule has 2 aromatic rings.